The van der Waals surface area contributed by atoms with Crippen molar-refractivity contribution < 1.29 is 4.21 Å². The standard InChI is InChI=1S/C12H20N2OS/c1-9-5-6-13-8-12(9)11(3)14-7-10(2)16(4)15/h5-6,8,10-11,14H,7H2,1-4H3. The van der Waals surface area contributed by atoms with Gasteiger partial charge in [0.25, 0.3) is 0 Å². The number of aromatic nitrogens is 1. The number of nitrogens with one attached hydrogen (secondary N) is 1. The van der Waals surface area contributed by atoms with Crippen LogP contribution < -0.4 is 5.32 Å². The molecule has 0 aliphatic heterocycles. The summed E-state index contributed by atoms with van der Waals surface area (Å²) in [5.41, 5.74) is 2.44. The van der Waals surface area contributed by atoms with Gasteiger partial charge in [-0.1, -0.05) is 0 Å². The summed E-state index contributed by atoms with van der Waals surface area (Å²) >= 11 is 0. The van der Waals surface area contributed by atoms with E-state index in [1.54, 1.807) is 12.5 Å². The monoisotopic (exact) mass is 240 g/mol. The molecule has 1 rings (SSSR count). The van der Waals surface area contributed by atoms with Gasteiger partial charge in [0, 0.05) is 47.3 Å². The Bertz CT molecular complexity index is 368. The lowest BCUT2D eigenvalue weighted by Gasteiger charge is -2.18. The lowest BCUT2D eigenvalue weighted by molar-refractivity contribution is 0.565. The fourth-order valence-corrected chi connectivity index (χ4v) is 1.83. The molecule has 1 aromatic rings. The zero-order valence-corrected chi connectivity index (χ0v) is 11.2. The second kappa shape index (κ2) is 6.11. The Balaban J connectivity index is 2.56. The van der Waals surface area contributed by atoms with Crippen LogP contribution in [0.25, 0.3) is 0 Å². The Morgan fingerprint density at radius 3 is 2.75 bits per heavy atom. The van der Waals surface area contributed by atoms with E-state index in [-0.39, 0.29) is 11.3 Å². The van der Waals surface area contributed by atoms with E-state index in [2.05, 4.69) is 24.1 Å². The molecule has 0 spiro atoms. The number of nitrogens with zero attached hydrogens (tertiary/aromatic N) is 1. The van der Waals surface area contributed by atoms with Gasteiger partial charge in [0.2, 0.25) is 0 Å². The predicted octanol–water partition coefficient (Wildman–Crippen LogP) is 1.81. The van der Waals surface area contributed by atoms with E-state index >= 15 is 0 Å². The topological polar surface area (TPSA) is 42.0 Å². The lowest BCUT2D eigenvalue weighted by Crippen LogP contribution is -2.30. The minimum absolute atomic E-state index is 0.180. The molecule has 0 aliphatic carbocycles. The molecule has 0 aliphatic rings. The van der Waals surface area contributed by atoms with Crippen molar-refractivity contribution in [3.8, 4) is 0 Å². The summed E-state index contributed by atoms with van der Waals surface area (Å²) < 4.78 is 11.2. The molecule has 4 heteroatoms. The van der Waals surface area contributed by atoms with E-state index in [9.17, 15) is 4.21 Å². The van der Waals surface area contributed by atoms with E-state index in [1.165, 1.54) is 11.1 Å². The van der Waals surface area contributed by atoms with Crippen LogP contribution in [0.4, 0.5) is 0 Å². The number of hydrogen-bond acceptors (Lipinski definition) is 3. The number of pyridine rings is 1. The van der Waals surface area contributed by atoms with Crippen LogP contribution >= 0.6 is 0 Å². The molecule has 90 valence electrons. The van der Waals surface area contributed by atoms with Gasteiger partial charge in [-0.25, -0.2) is 0 Å². The second-order valence-corrected chi connectivity index (χ2v) is 5.97. The average molecular weight is 240 g/mol. The number of rotatable bonds is 5. The van der Waals surface area contributed by atoms with Crippen molar-refractivity contribution in [1.29, 1.82) is 0 Å². The van der Waals surface area contributed by atoms with Gasteiger partial charge in [-0.3, -0.25) is 9.19 Å². The summed E-state index contributed by atoms with van der Waals surface area (Å²) in [5, 5.41) is 3.57. The molecular formula is C12H20N2OS. The maximum atomic E-state index is 11.2. The minimum Gasteiger partial charge on any atom is -0.309 e. The minimum atomic E-state index is -0.767. The van der Waals surface area contributed by atoms with Crippen molar-refractivity contribution in [3.05, 3.63) is 29.6 Å². The third kappa shape index (κ3) is 3.68. The van der Waals surface area contributed by atoms with Gasteiger partial charge < -0.3 is 5.32 Å². The van der Waals surface area contributed by atoms with Crippen LogP contribution in [0.3, 0.4) is 0 Å². The highest BCUT2D eigenvalue weighted by Crippen LogP contribution is 2.15. The average Bonchev–Trinajstić information content (AvgIpc) is 2.25. The molecule has 3 unspecified atom stereocenters. The Morgan fingerprint density at radius 2 is 2.19 bits per heavy atom. The smallest absolute Gasteiger partial charge is 0.0441 e. The van der Waals surface area contributed by atoms with Crippen molar-refractivity contribution in [2.45, 2.75) is 32.1 Å². The largest absolute Gasteiger partial charge is 0.309 e. The van der Waals surface area contributed by atoms with Gasteiger partial charge in [-0.15, -0.1) is 0 Å². The molecule has 1 heterocycles. The van der Waals surface area contributed by atoms with Crippen LogP contribution in [0.1, 0.15) is 31.0 Å². The van der Waals surface area contributed by atoms with Crippen molar-refractivity contribution >= 4 is 10.8 Å². The van der Waals surface area contributed by atoms with E-state index < -0.39 is 10.8 Å². The molecule has 1 N–H and O–H groups in total. The fraction of sp³-hybridized carbons (Fsp3) is 0.583. The molecule has 0 aromatic carbocycles. The first-order valence-electron chi connectivity index (χ1n) is 5.48. The summed E-state index contributed by atoms with van der Waals surface area (Å²) in [6.45, 7) is 6.94. The molecule has 0 saturated carbocycles. The summed E-state index contributed by atoms with van der Waals surface area (Å²) in [6.07, 6.45) is 5.43. The van der Waals surface area contributed by atoms with Crippen molar-refractivity contribution in [2.24, 2.45) is 0 Å². The highest BCUT2D eigenvalue weighted by Gasteiger charge is 2.11. The Labute approximate surface area is 100 Å². The van der Waals surface area contributed by atoms with Gasteiger partial charge in [0.15, 0.2) is 0 Å². The molecule has 0 radical (unpaired) electrons. The molecule has 0 saturated heterocycles. The highest BCUT2D eigenvalue weighted by atomic mass is 32.2. The first kappa shape index (κ1) is 13.3. The zero-order chi connectivity index (χ0) is 12.1. The summed E-state index contributed by atoms with van der Waals surface area (Å²) in [5.74, 6) is 0. The first-order chi connectivity index (χ1) is 7.52. The second-order valence-electron chi connectivity index (χ2n) is 4.17. The van der Waals surface area contributed by atoms with Crippen LogP contribution in [0, 0.1) is 6.92 Å². The molecular weight excluding hydrogens is 220 g/mol. The summed E-state index contributed by atoms with van der Waals surface area (Å²) in [6, 6.07) is 2.26. The van der Waals surface area contributed by atoms with E-state index in [0.717, 1.165) is 6.54 Å². The van der Waals surface area contributed by atoms with Crippen molar-refractivity contribution in [2.75, 3.05) is 12.8 Å². The summed E-state index contributed by atoms with van der Waals surface area (Å²) in [7, 11) is -0.767. The quantitative estimate of drug-likeness (QED) is 0.853. The SMILES string of the molecule is Cc1ccncc1C(C)NCC(C)S(C)=O. The van der Waals surface area contributed by atoms with Gasteiger partial charge in [0.1, 0.15) is 0 Å². The number of hydrogen-bond donors (Lipinski definition) is 1. The fourth-order valence-electron chi connectivity index (χ4n) is 1.50. The van der Waals surface area contributed by atoms with Gasteiger partial charge in [0.05, 0.1) is 0 Å². The van der Waals surface area contributed by atoms with Crippen LogP contribution in [-0.2, 0) is 10.8 Å². The van der Waals surface area contributed by atoms with E-state index in [4.69, 9.17) is 0 Å². The first-order valence-corrected chi connectivity index (χ1v) is 7.10. The molecule has 0 amide bonds. The Hall–Kier alpha value is -0.740. The third-order valence-electron chi connectivity index (χ3n) is 2.82. The van der Waals surface area contributed by atoms with Gasteiger partial charge in [-0.2, -0.15) is 0 Å². The van der Waals surface area contributed by atoms with Crippen LogP contribution in [0.5, 0.6) is 0 Å². The van der Waals surface area contributed by atoms with Crippen molar-refractivity contribution in [3.63, 3.8) is 0 Å². The van der Waals surface area contributed by atoms with Crippen LogP contribution in [0.2, 0.25) is 0 Å². The molecule has 0 fully saturated rings. The molecule has 0 bridgehead atoms. The van der Waals surface area contributed by atoms with Gasteiger partial charge in [-0.05, 0) is 38.0 Å². The van der Waals surface area contributed by atoms with Crippen LogP contribution in [-0.4, -0.2) is 27.2 Å². The number of aryl methyl sites for hydroxylation is 1. The molecule has 3 nitrogen and oxygen atoms in total. The Kier molecular flexibility index (Phi) is 5.09. The molecule has 16 heavy (non-hydrogen) atoms. The molecule has 3 atom stereocenters. The molecule has 1 aromatic heterocycles. The van der Waals surface area contributed by atoms with Crippen LogP contribution in [0.15, 0.2) is 18.5 Å². The Morgan fingerprint density at radius 1 is 1.50 bits per heavy atom. The van der Waals surface area contributed by atoms with Crippen molar-refractivity contribution in [1.82, 2.24) is 10.3 Å². The van der Waals surface area contributed by atoms with Gasteiger partial charge >= 0.3 is 0 Å². The maximum Gasteiger partial charge on any atom is 0.0441 e. The zero-order valence-electron chi connectivity index (χ0n) is 10.4. The summed E-state index contributed by atoms with van der Waals surface area (Å²) in [4.78, 5) is 4.13. The predicted molar refractivity (Wildman–Crippen MR) is 68.9 cm³/mol. The van der Waals surface area contributed by atoms with E-state index in [1.807, 2.05) is 19.2 Å². The highest BCUT2D eigenvalue weighted by molar-refractivity contribution is 7.84. The lowest BCUT2D eigenvalue weighted by atomic mass is 10.1. The van der Waals surface area contributed by atoms with E-state index in [0.29, 0.717) is 0 Å². The third-order valence-corrected chi connectivity index (χ3v) is 4.12. The maximum absolute atomic E-state index is 11.2. The normalized spacial score (nSPS) is 16.8.